The average molecular weight is 486 g/mol. The van der Waals surface area contributed by atoms with Gasteiger partial charge in [0, 0.05) is 12.1 Å². The van der Waals surface area contributed by atoms with Crippen LogP contribution in [-0.2, 0) is 19.6 Å². The first-order valence-corrected chi connectivity index (χ1v) is 12.0. The Morgan fingerprint density at radius 1 is 1.00 bits per heavy atom. The molecule has 2 aliphatic heterocycles. The molecule has 2 heterocycles. The van der Waals surface area contributed by atoms with E-state index in [0.717, 1.165) is 4.90 Å². The Kier molecular flexibility index (Phi) is 5.68. The summed E-state index contributed by atoms with van der Waals surface area (Å²) in [7, 11) is -4.10. The van der Waals surface area contributed by atoms with E-state index in [0.29, 0.717) is 0 Å². The van der Waals surface area contributed by atoms with Gasteiger partial charge < -0.3 is 4.74 Å². The molecule has 0 saturated carbocycles. The van der Waals surface area contributed by atoms with E-state index in [-0.39, 0.29) is 40.3 Å². The number of amides is 4. The van der Waals surface area contributed by atoms with Gasteiger partial charge in [-0.15, -0.1) is 0 Å². The van der Waals surface area contributed by atoms with E-state index in [9.17, 15) is 27.6 Å². The molecule has 2 aromatic rings. The second kappa shape index (κ2) is 8.24. The highest BCUT2D eigenvalue weighted by atomic mass is 32.2. The lowest BCUT2D eigenvalue weighted by molar-refractivity contribution is -0.136. The lowest BCUT2D eigenvalue weighted by atomic mass is 10.0. The Labute approximate surface area is 196 Å². The third-order valence-electron chi connectivity index (χ3n) is 5.25. The summed E-state index contributed by atoms with van der Waals surface area (Å²) in [6.45, 7) is 5.38. The normalized spacial score (nSPS) is 18.6. The van der Waals surface area contributed by atoms with Crippen LogP contribution in [0.4, 0.5) is 5.69 Å². The number of imide groups is 2. The number of rotatable bonds is 5. The van der Waals surface area contributed by atoms with Crippen molar-refractivity contribution in [1.82, 2.24) is 10.2 Å². The van der Waals surface area contributed by atoms with Crippen LogP contribution in [0.2, 0.25) is 0 Å². The summed E-state index contributed by atoms with van der Waals surface area (Å²) in [5, 5.41) is 2.13. The number of ether oxygens (including phenoxy) is 1. The predicted molar refractivity (Wildman–Crippen MR) is 121 cm³/mol. The minimum absolute atomic E-state index is 0.00487. The summed E-state index contributed by atoms with van der Waals surface area (Å²) in [6.07, 6.45) is 0.0328. The third kappa shape index (κ3) is 4.38. The van der Waals surface area contributed by atoms with Crippen LogP contribution >= 0.6 is 0 Å². The van der Waals surface area contributed by atoms with Crippen molar-refractivity contribution in [1.29, 1.82) is 0 Å². The molecule has 1 saturated heterocycles. The molecule has 0 bridgehead atoms. The maximum absolute atomic E-state index is 13.1. The third-order valence-corrected chi connectivity index (χ3v) is 6.67. The summed E-state index contributed by atoms with van der Waals surface area (Å²) in [5.41, 5.74) is -0.551. The van der Waals surface area contributed by atoms with E-state index < -0.39 is 45.3 Å². The van der Waals surface area contributed by atoms with Gasteiger partial charge in [0.25, 0.3) is 21.8 Å². The number of nitrogens with zero attached hydrogens (tertiary/aromatic N) is 1. The van der Waals surface area contributed by atoms with Crippen LogP contribution in [-0.4, -0.2) is 48.6 Å². The maximum atomic E-state index is 13.1. The molecule has 0 aliphatic carbocycles. The minimum Gasteiger partial charge on any atom is -0.487 e. The van der Waals surface area contributed by atoms with E-state index in [1.165, 1.54) is 24.3 Å². The quantitative estimate of drug-likeness (QED) is 0.618. The van der Waals surface area contributed by atoms with Gasteiger partial charge in [-0.2, -0.15) is 0 Å². The molecule has 4 rings (SSSR count). The first-order valence-electron chi connectivity index (χ1n) is 10.5. The topological polar surface area (TPSA) is 139 Å². The number of para-hydroxylation sites is 1. The Morgan fingerprint density at radius 3 is 2.35 bits per heavy atom. The number of piperidine rings is 1. The number of carbonyl (C=O) groups excluding carboxylic acids is 4. The van der Waals surface area contributed by atoms with E-state index in [4.69, 9.17) is 4.74 Å². The Morgan fingerprint density at radius 2 is 1.68 bits per heavy atom. The zero-order chi connectivity index (χ0) is 24.8. The van der Waals surface area contributed by atoms with Gasteiger partial charge in [0.05, 0.1) is 11.1 Å². The molecule has 4 amide bonds. The van der Waals surface area contributed by atoms with Crippen molar-refractivity contribution < 1.29 is 32.3 Å². The fourth-order valence-electron chi connectivity index (χ4n) is 3.83. The number of hydrogen-bond donors (Lipinski definition) is 2. The molecule has 1 atom stereocenters. The number of anilines is 1. The second-order valence-corrected chi connectivity index (χ2v) is 10.6. The van der Waals surface area contributed by atoms with Crippen molar-refractivity contribution >= 4 is 39.3 Å². The first-order chi connectivity index (χ1) is 15.9. The zero-order valence-electron chi connectivity index (χ0n) is 18.7. The molecule has 0 radical (unpaired) electrons. The van der Waals surface area contributed by atoms with Crippen LogP contribution in [0, 0.1) is 0 Å². The van der Waals surface area contributed by atoms with E-state index >= 15 is 0 Å². The van der Waals surface area contributed by atoms with Gasteiger partial charge in [-0.05, 0) is 57.5 Å². The molecule has 1 unspecified atom stereocenters. The highest BCUT2D eigenvalue weighted by Crippen LogP contribution is 2.32. The molecule has 11 heteroatoms. The number of fused-ring (bicyclic) bond motifs is 1. The van der Waals surface area contributed by atoms with Gasteiger partial charge in [-0.1, -0.05) is 12.1 Å². The molecule has 2 aromatic carbocycles. The van der Waals surface area contributed by atoms with Gasteiger partial charge in [0.2, 0.25) is 11.8 Å². The van der Waals surface area contributed by atoms with Gasteiger partial charge >= 0.3 is 0 Å². The van der Waals surface area contributed by atoms with Crippen LogP contribution < -0.4 is 14.8 Å². The maximum Gasteiger partial charge on any atom is 0.265 e. The SMILES string of the molecule is CC(C)(C)Oc1ccccc1S(=O)(=O)Nc1ccc2c(c1)C(=O)N(C1CCC(=O)NC1=O)C2=O. The van der Waals surface area contributed by atoms with Gasteiger partial charge in [0.1, 0.15) is 22.3 Å². The molecule has 2 aliphatic rings. The lowest BCUT2D eigenvalue weighted by Crippen LogP contribution is -2.54. The summed E-state index contributed by atoms with van der Waals surface area (Å²) < 4.78 is 34.4. The largest absolute Gasteiger partial charge is 0.487 e. The fourth-order valence-corrected chi connectivity index (χ4v) is 5.01. The first kappa shape index (κ1) is 23.4. The molecule has 34 heavy (non-hydrogen) atoms. The smallest absolute Gasteiger partial charge is 0.265 e. The summed E-state index contributed by atoms with van der Waals surface area (Å²) >= 11 is 0. The van der Waals surface area contributed by atoms with Crippen molar-refractivity contribution in [3.05, 3.63) is 53.6 Å². The van der Waals surface area contributed by atoms with Crippen LogP contribution in [0.5, 0.6) is 5.75 Å². The Hall–Kier alpha value is -3.73. The molecular weight excluding hydrogens is 462 g/mol. The van der Waals surface area contributed by atoms with Crippen LogP contribution in [0.25, 0.3) is 0 Å². The van der Waals surface area contributed by atoms with Crippen molar-refractivity contribution in [3.8, 4) is 5.75 Å². The molecule has 178 valence electrons. The van der Waals surface area contributed by atoms with E-state index in [1.54, 1.807) is 39.0 Å². The van der Waals surface area contributed by atoms with Crippen molar-refractivity contribution in [2.75, 3.05) is 4.72 Å². The van der Waals surface area contributed by atoms with Crippen molar-refractivity contribution in [2.24, 2.45) is 0 Å². The fraction of sp³-hybridized carbons (Fsp3) is 0.304. The van der Waals surface area contributed by atoms with Gasteiger partial charge in [-0.3, -0.25) is 34.1 Å². The number of hydrogen-bond acceptors (Lipinski definition) is 7. The molecule has 0 spiro atoms. The highest BCUT2D eigenvalue weighted by Gasteiger charge is 2.44. The Bertz CT molecular complexity index is 1330. The van der Waals surface area contributed by atoms with Crippen molar-refractivity contribution in [3.63, 3.8) is 0 Å². The molecule has 10 nitrogen and oxygen atoms in total. The predicted octanol–water partition coefficient (Wildman–Crippen LogP) is 2.07. The van der Waals surface area contributed by atoms with E-state index in [1.807, 2.05) is 0 Å². The molecule has 2 N–H and O–H groups in total. The van der Waals surface area contributed by atoms with Crippen molar-refractivity contribution in [2.45, 2.75) is 50.2 Å². The number of benzene rings is 2. The average Bonchev–Trinajstić information content (AvgIpc) is 2.97. The number of nitrogens with one attached hydrogen (secondary N) is 2. The molecule has 0 aromatic heterocycles. The standard InChI is InChI=1S/C23H23N3O7S/c1-23(2,3)33-17-6-4-5-7-18(17)34(31,32)25-13-8-9-14-15(12-13)22(30)26(21(14)29)16-10-11-19(27)24-20(16)28/h4-9,12,16,25H,10-11H2,1-3H3,(H,24,27,28). The van der Waals surface area contributed by atoms with Crippen LogP contribution in [0.1, 0.15) is 54.3 Å². The monoisotopic (exact) mass is 485 g/mol. The molecule has 1 fully saturated rings. The van der Waals surface area contributed by atoms with Crippen LogP contribution in [0.15, 0.2) is 47.4 Å². The second-order valence-electron chi connectivity index (χ2n) is 8.97. The summed E-state index contributed by atoms with van der Waals surface area (Å²) in [6, 6.07) is 9.01. The minimum atomic E-state index is -4.10. The lowest BCUT2D eigenvalue weighted by Gasteiger charge is -2.27. The zero-order valence-corrected chi connectivity index (χ0v) is 19.6. The van der Waals surface area contributed by atoms with Gasteiger partial charge in [-0.25, -0.2) is 8.42 Å². The van der Waals surface area contributed by atoms with Gasteiger partial charge in [0.15, 0.2) is 0 Å². The summed E-state index contributed by atoms with van der Waals surface area (Å²) in [5.74, 6) is -2.42. The molecular formula is C23H23N3O7S. The number of sulfonamides is 1. The number of carbonyl (C=O) groups is 4. The highest BCUT2D eigenvalue weighted by molar-refractivity contribution is 7.92. The van der Waals surface area contributed by atoms with Crippen LogP contribution in [0.3, 0.4) is 0 Å². The Balaban J connectivity index is 1.62. The van der Waals surface area contributed by atoms with E-state index in [2.05, 4.69) is 10.0 Å². The summed E-state index contributed by atoms with van der Waals surface area (Å²) in [4.78, 5) is 50.1.